The van der Waals surface area contributed by atoms with Gasteiger partial charge in [-0.2, -0.15) is 0 Å². The number of carbonyl (C=O) groups excluding carboxylic acids is 1. The first-order chi connectivity index (χ1) is 14.2. The van der Waals surface area contributed by atoms with E-state index in [1.165, 1.54) is 12.1 Å². The van der Waals surface area contributed by atoms with Gasteiger partial charge >= 0.3 is 0 Å². The second-order valence-corrected chi connectivity index (χ2v) is 7.45. The van der Waals surface area contributed by atoms with Gasteiger partial charge in [-0.25, -0.2) is 4.39 Å². The van der Waals surface area contributed by atoms with Crippen LogP contribution < -0.4 is 0 Å². The van der Waals surface area contributed by atoms with E-state index >= 15 is 0 Å². The summed E-state index contributed by atoms with van der Waals surface area (Å²) in [5, 5.41) is 1.09. The smallest absolute Gasteiger partial charge is 0.255 e. The van der Waals surface area contributed by atoms with Crippen molar-refractivity contribution < 1.29 is 9.18 Å². The number of hydrogen-bond acceptors (Lipinski definition) is 1. The van der Waals surface area contributed by atoms with Gasteiger partial charge in [0.2, 0.25) is 0 Å². The van der Waals surface area contributed by atoms with Crippen LogP contribution in [0.4, 0.5) is 4.39 Å². The number of rotatable bonds is 4. The molecule has 1 atom stereocenters. The minimum absolute atomic E-state index is 0.0720. The molecular formula is C25H21FN2O. The molecule has 0 radical (unpaired) electrons. The molecule has 0 bridgehead atoms. The third-order valence-corrected chi connectivity index (χ3v) is 5.68. The molecular weight excluding hydrogens is 363 g/mol. The summed E-state index contributed by atoms with van der Waals surface area (Å²) in [7, 11) is 0. The van der Waals surface area contributed by atoms with Gasteiger partial charge in [0.05, 0.1) is 11.7 Å². The molecule has 4 heteroatoms. The van der Waals surface area contributed by atoms with E-state index in [-0.39, 0.29) is 17.8 Å². The molecule has 2 heterocycles. The van der Waals surface area contributed by atoms with E-state index in [2.05, 4.69) is 18.0 Å². The van der Waals surface area contributed by atoms with Crippen molar-refractivity contribution in [3.8, 4) is 11.3 Å². The molecule has 3 aromatic carbocycles. The SMILES string of the molecule is CCCN1C(=O)c2ccccc2[C@H]1c1c(-c2ccc(F)cc2)[nH]c2ccccc12. The Bertz CT molecular complexity index is 1210. The molecule has 5 rings (SSSR count). The highest BCUT2D eigenvalue weighted by molar-refractivity contribution is 6.02. The molecule has 0 aliphatic carbocycles. The van der Waals surface area contributed by atoms with Gasteiger partial charge in [-0.3, -0.25) is 4.79 Å². The van der Waals surface area contributed by atoms with Gasteiger partial charge in [0.25, 0.3) is 5.91 Å². The molecule has 1 aliphatic rings. The van der Waals surface area contributed by atoms with Crippen molar-refractivity contribution in [2.45, 2.75) is 19.4 Å². The molecule has 1 aliphatic heterocycles. The summed E-state index contributed by atoms with van der Waals surface area (Å²) < 4.78 is 13.6. The van der Waals surface area contributed by atoms with E-state index in [4.69, 9.17) is 0 Å². The number of hydrogen-bond donors (Lipinski definition) is 1. The van der Waals surface area contributed by atoms with Gasteiger partial charge in [0, 0.05) is 28.6 Å². The maximum Gasteiger partial charge on any atom is 0.255 e. The minimum Gasteiger partial charge on any atom is -0.354 e. The molecule has 4 aromatic rings. The number of benzene rings is 3. The number of carbonyl (C=O) groups is 1. The number of aromatic nitrogens is 1. The molecule has 144 valence electrons. The van der Waals surface area contributed by atoms with E-state index in [0.29, 0.717) is 6.54 Å². The Morgan fingerprint density at radius 2 is 1.69 bits per heavy atom. The average Bonchev–Trinajstić information content (AvgIpc) is 3.25. The molecule has 1 N–H and O–H groups in total. The summed E-state index contributed by atoms with van der Waals surface area (Å²) in [6.07, 6.45) is 0.879. The monoisotopic (exact) mass is 384 g/mol. The van der Waals surface area contributed by atoms with E-state index in [1.54, 1.807) is 12.1 Å². The maximum absolute atomic E-state index is 13.6. The first kappa shape index (κ1) is 17.7. The van der Waals surface area contributed by atoms with Crippen molar-refractivity contribution in [2.75, 3.05) is 6.54 Å². The third kappa shape index (κ3) is 2.75. The Labute approximate surface area is 168 Å². The summed E-state index contributed by atoms with van der Waals surface area (Å²) >= 11 is 0. The van der Waals surface area contributed by atoms with E-state index < -0.39 is 0 Å². The van der Waals surface area contributed by atoms with Crippen molar-refractivity contribution in [3.05, 3.63) is 95.3 Å². The van der Waals surface area contributed by atoms with Crippen LogP contribution in [0.25, 0.3) is 22.2 Å². The zero-order valence-electron chi connectivity index (χ0n) is 16.2. The lowest BCUT2D eigenvalue weighted by Crippen LogP contribution is -2.29. The van der Waals surface area contributed by atoms with Crippen LogP contribution in [0.5, 0.6) is 0 Å². The van der Waals surface area contributed by atoms with Crippen LogP contribution in [0.3, 0.4) is 0 Å². The molecule has 0 fully saturated rings. The molecule has 0 saturated heterocycles. The number of amides is 1. The standard InChI is InChI=1S/C25H21FN2O/c1-2-15-28-24(18-7-3-4-8-19(18)25(28)29)22-20-9-5-6-10-21(20)27-23(22)16-11-13-17(26)14-12-16/h3-14,24,27H,2,15H2,1H3/t24-/m0/s1. The van der Waals surface area contributed by atoms with Crippen molar-refractivity contribution in [1.82, 2.24) is 9.88 Å². The topological polar surface area (TPSA) is 36.1 Å². The van der Waals surface area contributed by atoms with Crippen LogP contribution in [0, 0.1) is 5.82 Å². The molecule has 3 nitrogen and oxygen atoms in total. The lowest BCUT2D eigenvalue weighted by molar-refractivity contribution is 0.0751. The molecule has 1 amide bonds. The van der Waals surface area contributed by atoms with Crippen molar-refractivity contribution in [3.63, 3.8) is 0 Å². The predicted molar refractivity (Wildman–Crippen MR) is 113 cm³/mol. The Morgan fingerprint density at radius 1 is 0.966 bits per heavy atom. The Balaban J connectivity index is 1.80. The first-order valence-electron chi connectivity index (χ1n) is 9.95. The van der Waals surface area contributed by atoms with Gasteiger partial charge in [-0.15, -0.1) is 0 Å². The fourth-order valence-electron chi connectivity index (χ4n) is 4.44. The third-order valence-electron chi connectivity index (χ3n) is 5.68. The summed E-state index contributed by atoms with van der Waals surface area (Å²) in [6.45, 7) is 2.77. The lowest BCUT2D eigenvalue weighted by atomic mass is 9.93. The Hall–Kier alpha value is -3.40. The van der Waals surface area contributed by atoms with Crippen LogP contribution in [0.15, 0.2) is 72.8 Å². The Kier molecular flexibility index (Phi) is 4.20. The van der Waals surface area contributed by atoms with Crippen LogP contribution in [-0.2, 0) is 0 Å². The summed E-state index contributed by atoms with van der Waals surface area (Å²) in [5.41, 5.74) is 5.71. The van der Waals surface area contributed by atoms with E-state index in [0.717, 1.165) is 45.3 Å². The fraction of sp³-hybridized carbons (Fsp3) is 0.160. The van der Waals surface area contributed by atoms with Gasteiger partial charge in [-0.05, 0) is 53.9 Å². The highest BCUT2D eigenvalue weighted by Crippen LogP contribution is 2.45. The fourth-order valence-corrected chi connectivity index (χ4v) is 4.44. The van der Waals surface area contributed by atoms with E-state index in [1.807, 2.05) is 47.4 Å². The molecule has 0 unspecified atom stereocenters. The van der Waals surface area contributed by atoms with Crippen LogP contribution in [0.1, 0.15) is 40.9 Å². The van der Waals surface area contributed by atoms with Crippen LogP contribution >= 0.6 is 0 Å². The summed E-state index contributed by atoms with van der Waals surface area (Å²) in [4.78, 5) is 18.7. The zero-order chi connectivity index (χ0) is 20.0. The van der Waals surface area contributed by atoms with Crippen LogP contribution in [-0.4, -0.2) is 22.3 Å². The molecule has 29 heavy (non-hydrogen) atoms. The number of para-hydroxylation sites is 1. The van der Waals surface area contributed by atoms with Gasteiger partial charge in [0.1, 0.15) is 5.82 Å². The Morgan fingerprint density at radius 3 is 2.48 bits per heavy atom. The zero-order valence-corrected chi connectivity index (χ0v) is 16.2. The second kappa shape index (κ2) is 6.89. The van der Waals surface area contributed by atoms with Gasteiger partial charge < -0.3 is 9.88 Å². The van der Waals surface area contributed by atoms with Gasteiger partial charge in [-0.1, -0.05) is 43.3 Å². The number of nitrogens with zero attached hydrogens (tertiary/aromatic N) is 1. The normalized spacial score (nSPS) is 15.9. The maximum atomic E-state index is 13.6. The van der Waals surface area contributed by atoms with Gasteiger partial charge in [0.15, 0.2) is 0 Å². The number of H-pyrrole nitrogens is 1. The summed E-state index contributed by atoms with van der Waals surface area (Å²) in [6, 6.07) is 22.3. The number of fused-ring (bicyclic) bond motifs is 2. The van der Waals surface area contributed by atoms with E-state index in [9.17, 15) is 9.18 Å². The summed E-state index contributed by atoms with van der Waals surface area (Å²) in [5.74, 6) is -0.191. The van der Waals surface area contributed by atoms with Crippen LogP contribution in [0.2, 0.25) is 0 Å². The lowest BCUT2D eigenvalue weighted by Gasteiger charge is -2.26. The molecule has 0 spiro atoms. The molecule has 1 aromatic heterocycles. The highest BCUT2D eigenvalue weighted by Gasteiger charge is 2.39. The largest absolute Gasteiger partial charge is 0.354 e. The number of halogens is 1. The average molecular weight is 384 g/mol. The van der Waals surface area contributed by atoms with Crippen molar-refractivity contribution in [2.24, 2.45) is 0 Å². The minimum atomic E-state index is -0.264. The quantitative estimate of drug-likeness (QED) is 0.465. The second-order valence-electron chi connectivity index (χ2n) is 7.45. The number of aromatic amines is 1. The number of nitrogens with one attached hydrogen (secondary N) is 1. The molecule has 0 saturated carbocycles. The predicted octanol–water partition coefficient (Wildman–Crippen LogP) is 5.93. The van der Waals surface area contributed by atoms with Crippen molar-refractivity contribution in [1.29, 1.82) is 0 Å². The highest BCUT2D eigenvalue weighted by atomic mass is 19.1. The van der Waals surface area contributed by atoms with Crippen molar-refractivity contribution >= 4 is 16.8 Å². The first-order valence-corrected chi connectivity index (χ1v) is 9.95.